The number of furan rings is 1. The number of hydrogen-bond acceptors (Lipinski definition) is 1. The smallest absolute Gasteiger partial charge is 0.135 e. The zero-order valence-electron chi connectivity index (χ0n) is 39.8. The Bertz CT molecular complexity index is 4370. The normalized spacial score (nSPS) is 11.3. The van der Waals surface area contributed by atoms with E-state index in [2.05, 4.69) is 258 Å². The topological polar surface area (TPSA) is 23.0 Å². The lowest BCUT2D eigenvalue weighted by atomic mass is 9.94. The number of para-hydroxylation sites is 3. The molecule has 0 bridgehead atoms. The average Bonchev–Trinajstić information content (AvgIpc) is 4.11. The lowest BCUT2D eigenvalue weighted by Crippen LogP contribution is -1.95. The highest BCUT2D eigenvalue weighted by molar-refractivity contribution is 6.13. The van der Waals surface area contributed by atoms with Crippen molar-refractivity contribution in [1.82, 2.24) is 9.13 Å². The summed E-state index contributed by atoms with van der Waals surface area (Å²) in [6.07, 6.45) is 1.75. The SMILES string of the molecule is C.C=CC.c1ccc(-c2cccc(-c3cccc(-c4cccc(-c5cccc(-c6ccc7c(c6)c6ccccc6n7-c6ccc7c(c6)c6ccccc6n7-c6ccc7oc8ccccc8c7c6)c5)c4)c3)c2)cc1. The van der Waals surface area contributed by atoms with Crippen molar-refractivity contribution in [3.8, 4) is 67.0 Å². The number of allylic oxidation sites excluding steroid dienone is 1. The van der Waals surface area contributed by atoms with E-state index in [1.807, 2.05) is 19.1 Å². The minimum Gasteiger partial charge on any atom is -0.456 e. The Morgan fingerprint density at radius 2 is 0.630 bits per heavy atom. The molecule has 3 heteroatoms. The molecule has 3 nitrogen and oxygen atoms in total. The summed E-state index contributed by atoms with van der Waals surface area (Å²) in [5.74, 6) is 0. The summed E-state index contributed by atoms with van der Waals surface area (Å²) in [5, 5.41) is 7.14. The quantitative estimate of drug-likeness (QED) is 0.146. The van der Waals surface area contributed by atoms with Crippen molar-refractivity contribution in [3.05, 3.63) is 267 Å². The zero-order valence-corrected chi connectivity index (χ0v) is 39.8. The standard InChI is InChI=1S/C66H42N2O.C3H6.CH4/c1-2-14-43(15-3-1)44-16-10-17-45(36-44)46-18-11-19-47(37-46)48-20-12-21-49(38-48)50-22-13-23-51(39-50)52-30-33-63-58(40-52)55-24-4-7-27-61(55)67(63)53-31-34-64-59(41-53)56-25-5-8-28-62(56)68(64)54-32-35-66-60(42-54)57-26-6-9-29-65(57)69-66;1-3-2;/h1-42H;3H,1H2,2H3;1H4. The van der Waals surface area contributed by atoms with Crippen LogP contribution in [0.4, 0.5) is 0 Å². The van der Waals surface area contributed by atoms with Crippen molar-refractivity contribution in [2.75, 3.05) is 0 Å². The van der Waals surface area contributed by atoms with Crippen molar-refractivity contribution in [2.24, 2.45) is 0 Å². The van der Waals surface area contributed by atoms with Crippen LogP contribution in [0.15, 0.2) is 272 Å². The summed E-state index contributed by atoms with van der Waals surface area (Å²) in [7, 11) is 0. The summed E-state index contributed by atoms with van der Waals surface area (Å²) in [6, 6.07) is 92.6. The van der Waals surface area contributed by atoms with Crippen LogP contribution in [0, 0.1) is 0 Å². The Balaban J connectivity index is 0.00000133. The fraction of sp³-hybridized carbons (Fsp3) is 0.0286. The molecule has 3 heterocycles. The molecule has 0 unspecified atom stereocenters. The van der Waals surface area contributed by atoms with Gasteiger partial charge in [0.15, 0.2) is 0 Å². The van der Waals surface area contributed by atoms with Crippen LogP contribution < -0.4 is 0 Å². The summed E-state index contributed by atoms with van der Waals surface area (Å²) in [5.41, 5.74) is 20.8. The van der Waals surface area contributed by atoms with E-state index in [9.17, 15) is 0 Å². The van der Waals surface area contributed by atoms with E-state index >= 15 is 0 Å². The molecular formula is C70H52N2O. The molecular weight excluding hydrogens is 885 g/mol. The Morgan fingerprint density at radius 3 is 1.15 bits per heavy atom. The van der Waals surface area contributed by atoms with Gasteiger partial charge in [0.05, 0.1) is 22.1 Å². The van der Waals surface area contributed by atoms with Crippen LogP contribution in [0.2, 0.25) is 0 Å². The Labute approximate surface area is 425 Å². The Morgan fingerprint density at radius 1 is 0.288 bits per heavy atom. The van der Waals surface area contributed by atoms with Crippen LogP contribution in [0.25, 0.3) is 133 Å². The molecule has 0 saturated heterocycles. The van der Waals surface area contributed by atoms with Crippen molar-refractivity contribution in [2.45, 2.75) is 14.4 Å². The van der Waals surface area contributed by atoms with Gasteiger partial charge in [-0.05, 0) is 154 Å². The van der Waals surface area contributed by atoms with E-state index in [0.29, 0.717) is 0 Å². The number of fused-ring (bicyclic) bond motifs is 9. The van der Waals surface area contributed by atoms with Crippen molar-refractivity contribution >= 4 is 65.6 Å². The highest BCUT2D eigenvalue weighted by Crippen LogP contribution is 2.40. The van der Waals surface area contributed by atoms with Gasteiger partial charge >= 0.3 is 0 Å². The molecule has 0 radical (unpaired) electrons. The molecule has 0 spiro atoms. The lowest BCUT2D eigenvalue weighted by Gasteiger charge is -2.11. The second-order valence-electron chi connectivity index (χ2n) is 18.5. The highest BCUT2D eigenvalue weighted by atomic mass is 16.3. The third kappa shape index (κ3) is 7.89. The number of benzene rings is 11. The molecule has 14 rings (SSSR count). The summed E-state index contributed by atoms with van der Waals surface area (Å²) in [4.78, 5) is 0. The van der Waals surface area contributed by atoms with Gasteiger partial charge in [0.1, 0.15) is 11.2 Å². The first-order valence-electron chi connectivity index (χ1n) is 24.6. The molecule has 0 saturated carbocycles. The van der Waals surface area contributed by atoms with E-state index in [1.54, 1.807) is 6.08 Å². The van der Waals surface area contributed by atoms with Crippen LogP contribution in [0.5, 0.6) is 0 Å². The van der Waals surface area contributed by atoms with Gasteiger partial charge in [-0.3, -0.25) is 0 Å². The van der Waals surface area contributed by atoms with Gasteiger partial charge in [-0.15, -0.1) is 6.58 Å². The highest BCUT2D eigenvalue weighted by Gasteiger charge is 2.18. The fourth-order valence-corrected chi connectivity index (χ4v) is 10.8. The molecule has 0 aliphatic heterocycles. The van der Waals surface area contributed by atoms with Crippen molar-refractivity contribution < 1.29 is 4.42 Å². The summed E-state index contributed by atoms with van der Waals surface area (Å²) < 4.78 is 11.0. The molecule has 3 aromatic heterocycles. The van der Waals surface area contributed by atoms with Gasteiger partial charge in [-0.2, -0.15) is 0 Å². The molecule has 14 aromatic rings. The molecule has 0 aliphatic rings. The zero-order chi connectivity index (χ0) is 48.1. The van der Waals surface area contributed by atoms with Gasteiger partial charge in [0.25, 0.3) is 0 Å². The molecule has 0 fully saturated rings. The maximum atomic E-state index is 6.21. The van der Waals surface area contributed by atoms with Crippen LogP contribution in [0.1, 0.15) is 14.4 Å². The predicted octanol–water partition coefficient (Wildman–Crippen LogP) is 19.9. The molecule has 0 aliphatic carbocycles. The molecule has 0 amide bonds. The van der Waals surface area contributed by atoms with Crippen LogP contribution in [-0.4, -0.2) is 9.13 Å². The van der Waals surface area contributed by atoms with Gasteiger partial charge < -0.3 is 13.6 Å². The minimum absolute atomic E-state index is 0. The molecule has 348 valence electrons. The maximum absolute atomic E-state index is 6.21. The Kier molecular flexibility index (Phi) is 11.5. The first kappa shape index (κ1) is 44.7. The largest absolute Gasteiger partial charge is 0.456 e. The van der Waals surface area contributed by atoms with E-state index in [0.717, 1.165) is 33.3 Å². The fourth-order valence-electron chi connectivity index (χ4n) is 10.8. The van der Waals surface area contributed by atoms with Crippen molar-refractivity contribution in [1.29, 1.82) is 0 Å². The predicted molar refractivity (Wildman–Crippen MR) is 312 cm³/mol. The average molecular weight is 937 g/mol. The minimum atomic E-state index is 0. The number of aromatic nitrogens is 2. The second kappa shape index (κ2) is 18.7. The number of hydrogen-bond donors (Lipinski definition) is 0. The molecule has 0 atom stereocenters. The van der Waals surface area contributed by atoms with E-state index in [1.165, 1.54) is 99.2 Å². The number of rotatable bonds is 7. The summed E-state index contributed by atoms with van der Waals surface area (Å²) in [6.45, 7) is 5.25. The molecule has 73 heavy (non-hydrogen) atoms. The maximum Gasteiger partial charge on any atom is 0.135 e. The van der Waals surface area contributed by atoms with Crippen molar-refractivity contribution in [3.63, 3.8) is 0 Å². The van der Waals surface area contributed by atoms with Gasteiger partial charge in [-0.1, -0.05) is 177 Å². The van der Waals surface area contributed by atoms with E-state index < -0.39 is 0 Å². The van der Waals surface area contributed by atoms with E-state index in [-0.39, 0.29) is 7.43 Å². The van der Waals surface area contributed by atoms with Crippen LogP contribution in [-0.2, 0) is 0 Å². The lowest BCUT2D eigenvalue weighted by molar-refractivity contribution is 0.669. The second-order valence-corrected chi connectivity index (χ2v) is 18.5. The van der Waals surface area contributed by atoms with E-state index in [4.69, 9.17) is 4.42 Å². The van der Waals surface area contributed by atoms with Gasteiger partial charge in [0.2, 0.25) is 0 Å². The van der Waals surface area contributed by atoms with Crippen LogP contribution >= 0.6 is 0 Å². The third-order valence-corrected chi connectivity index (χ3v) is 14.1. The summed E-state index contributed by atoms with van der Waals surface area (Å²) >= 11 is 0. The van der Waals surface area contributed by atoms with Crippen LogP contribution in [0.3, 0.4) is 0 Å². The molecule has 11 aromatic carbocycles. The monoisotopic (exact) mass is 936 g/mol. The third-order valence-electron chi connectivity index (χ3n) is 14.1. The Hall–Kier alpha value is -9.44. The number of nitrogens with zero attached hydrogens (tertiary/aromatic N) is 2. The van der Waals surface area contributed by atoms with Gasteiger partial charge in [0, 0.05) is 43.7 Å². The first-order chi connectivity index (χ1) is 35.6. The molecule has 0 N–H and O–H groups in total. The first-order valence-corrected chi connectivity index (χ1v) is 24.6. The van der Waals surface area contributed by atoms with Gasteiger partial charge in [-0.25, -0.2) is 0 Å².